The van der Waals surface area contributed by atoms with Gasteiger partial charge in [-0.2, -0.15) is 0 Å². The number of nitrogens with zero attached hydrogens (tertiary/aromatic N) is 5. The summed E-state index contributed by atoms with van der Waals surface area (Å²) in [5, 5.41) is 11.0. The largest absolute Gasteiger partial charge is 0.493 e. The molecule has 3 aromatic rings. The van der Waals surface area contributed by atoms with Gasteiger partial charge < -0.3 is 15.0 Å². The molecule has 5 rings (SSSR count). The van der Waals surface area contributed by atoms with E-state index < -0.39 is 5.92 Å². The molecule has 1 aromatic carbocycles. The third kappa shape index (κ3) is 2.79. The van der Waals surface area contributed by atoms with Gasteiger partial charge >= 0.3 is 0 Å². The number of rotatable bonds is 4. The van der Waals surface area contributed by atoms with Crippen molar-refractivity contribution in [2.75, 3.05) is 29.9 Å². The molecule has 0 spiro atoms. The minimum atomic E-state index is -2.72. The molecule has 0 unspecified atom stereocenters. The fraction of sp³-hybridized carbons (Fsp3) is 0.389. The number of hydrogen-bond acceptors (Lipinski definition) is 6. The van der Waals surface area contributed by atoms with E-state index in [1.165, 1.54) is 18.6 Å². The van der Waals surface area contributed by atoms with Crippen LogP contribution in [0.15, 0.2) is 24.7 Å². The van der Waals surface area contributed by atoms with Gasteiger partial charge in [0.15, 0.2) is 5.65 Å². The lowest BCUT2D eigenvalue weighted by Crippen LogP contribution is -2.25. The second-order valence-electron chi connectivity index (χ2n) is 6.97. The number of anilines is 2. The summed E-state index contributed by atoms with van der Waals surface area (Å²) >= 11 is 0. The van der Waals surface area contributed by atoms with Crippen LogP contribution in [-0.4, -0.2) is 45.2 Å². The Morgan fingerprint density at radius 3 is 3.00 bits per heavy atom. The molecule has 1 saturated heterocycles. The van der Waals surface area contributed by atoms with E-state index in [4.69, 9.17) is 4.74 Å². The molecule has 146 valence electrons. The van der Waals surface area contributed by atoms with E-state index in [0.717, 1.165) is 5.56 Å². The minimum absolute atomic E-state index is 0.201. The van der Waals surface area contributed by atoms with Gasteiger partial charge in [0.25, 0.3) is 5.92 Å². The first-order valence-electron chi connectivity index (χ1n) is 9.00. The zero-order valence-corrected chi connectivity index (χ0v) is 14.8. The van der Waals surface area contributed by atoms with Crippen molar-refractivity contribution in [3.05, 3.63) is 41.6 Å². The summed E-state index contributed by atoms with van der Waals surface area (Å²) < 4.78 is 48.6. The average molecular weight is 390 g/mol. The second kappa shape index (κ2) is 6.25. The van der Waals surface area contributed by atoms with Crippen molar-refractivity contribution in [3.63, 3.8) is 0 Å². The van der Waals surface area contributed by atoms with Crippen LogP contribution in [0, 0.1) is 5.82 Å². The predicted octanol–water partition coefficient (Wildman–Crippen LogP) is 2.66. The van der Waals surface area contributed by atoms with Gasteiger partial charge in [0, 0.05) is 37.1 Å². The van der Waals surface area contributed by atoms with E-state index in [1.807, 2.05) is 0 Å². The molecule has 0 bridgehead atoms. The van der Waals surface area contributed by atoms with E-state index in [-0.39, 0.29) is 31.9 Å². The van der Waals surface area contributed by atoms with Gasteiger partial charge in [-0.25, -0.2) is 22.6 Å². The summed E-state index contributed by atoms with van der Waals surface area (Å²) in [6, 6.07) is 3.03. The Morgan fingerprint density at radius 1 is 1.29 bits per heavy atom. The summed E-state index contributed by atoms with van der Waals surface area (Å²) in [7, 11) is 0. The zero-order chi connectivity index (χ0) is 19.3. The predicted molar refractivity (Wildman–Crippen MR) is 95.5 cm³/mol. The van der Waals surface area contributed by atoms with Crippen LogP contribution < -0.4 is 15.0 Å². The molecular weight excluding hydrogens is 373 g/mol. The van der Waals surface area contributed by atoms with Gasteiger partial charge in [0.1, 0.15) is 23.6 Å². The molecule has 1 fully saturated rings. The highest BCUT2D eigenvalue weighted by atomic mass is 19.3. The van der Waals surface area contributed by atoms with Gasteiger partial charge in [-0.15, -0.1) is 10.2 Å². The molecule has 2 aliphatic heterocycles. The highest BCUT2D eigenvalue weighted by molar-refractivity contribution is 5.70. The molecule has 28 heavy (non-hydrogen) atoms. The third-order valence-corrected chi connectivity index (χ3v) is 5.19. The number of halogens is 3. The van der Waals surface area contributed by atoms with E-state index in [9.17, 15) is 13.2 Å². The van der Waals surface area contributed by atoms with Crippen LogP contribution in [0.25, 0.3) is 5.65 Å². The summed E-state index contributed by atoms with van der Waals surface area (Å²) in [4.78, 5) is 5.90. The SMILES string of the molecule is Fc1ccc2c(c1CNc1ncc(N3CCC(F)(F)C3)c3nncn13)CCO2. The van der Waals surface area contributed by atoms with E-state index >= 15 is 0 Å². The molecule has 0 saturated carbocycles. The topological polar surface area (TPSA) is 67.6 Å². The van der Waals surface area contributed by atoms with Crippen molar-refractivity contribution in [1.29, 1.82) is 0 Å². The van der Waals surface area contributed by atoms with E-state index in [0.29, 0.717) is 41.6 Å². The Balaban J connectivity index is 1.43. The van der Waals surface area contributed by atoms with Crippen molar-refractivity contribution >= 4 is 17.3 Å². The Bertz CT molecular complexity index is 1050. The molecule has 10 heteroatoms. The molecule has 1 N–H and O–H groups in total. The lowest BCUT2D eigenvalue weighted by molar-refractivity contribution is 0.0257. The van der Waals surface area contributed by atoms with Gasteiger partial charge in [-0.3, -0.25) is 0 Å². The fourth-order valence-corrected chi connectivity index (χ4v) is 3.78. The minimum Gasteiger partial charge on any atom is -0.493 e. The average Bonchev–Trinajstić information content (AvgIpc) is 3.39. The maximum absolute atomic E-state index is 14.3. The molecule has 2 aliphatic rings. The van der Waals surface area contributed by atoms with Crippen molar-refractivity contribution < 1.29 is 17.9 Å². The summed E-state index contributed by atoms with van der Waals surface area (Å²) in [6.07, 6.45) is 3.41. The molecule has 0 amide bonds. The number of fused-ring (bicyclic) bond motifs is 2. The Hall–Kier alpha value is -3.04. The van der Waals surface area contributed by atoms with Crippen molar-refractivity contribution in [3.8, 4) is 5.75 Å². The van der Waals surface area contributed by atoms with E-state index in [1.54, 1.807) is 15.4 Å². The van der Waals surface area contributed by atoms with Gasteiger partial charge in [0.2, 0.25) is 5.95 Å². The molecule has 4 heterocycles. The number of benzene rings is 1. The summed E-state index contributed by atoms with van der Waals surface area (Å²) in [6.45, 7) is 0.603. The highest BCUT2D eigenvalue weighted by Gasteiger charge is 2.39. The van der Waals surface area contributed by atoms with E-state index in [2.05, 4.69) is 20.5 Å². The van der Waals surface area contributed by atoms with Crippen molar-refractivity contribution in [2.45, 2.75) is 25.3 Å². The monoisotopic (exact) mass is 390 g/mol. The smallest absolute Gasteiger partial charge is 0.266 e. The molecule has 0 aliphatic carbocycles. The number of nitrogens with one attached hydrogen (secondary N) is 1. The van der Waals surface area contributed by atoms with Crippen molar-refractivity contribution in [1.82, 2.24) is 19.6 Å². The Morgan fingerprint density at radius 2 is 2.18 bits per heavy atom. The fourth-order valence-electron chi connectivity index (χ4n) is 3.78. The quantitative estimate of drug-likeness (QED) is 0.739. The van der Waals surface area contributed by atoms with Gasteiger partial charge in [0.05, 0.1) is 19.3 Å². The number of alkyl halides is 2. The van der Waals surface area contributed by atoms with Gasteiger partial charge in [-0.1, -0.05) is 0 Å². The number of hydrogen-bond donors (Lipinski definition) is 1. The second-order valence-corrected chi connectivity index (χ2v) is 6.97. The van der Waals surface area contributed by atoms with Crippen LogP contribution in [-0.2, 0) is 13.0 Å². The maximum Gasteiger partial charge on any atom is 0.266 e. The third-order valence-electron chi connectivity index (χ3n) is 5.19. The number of aromatic nitrogens is 4. The molecule has 0 radical (unpaired) electrons. The van der Waals surface area contributed by atoms with Crippen LogP contribution in [0.1, 0.15) is 17.5 Å². The first-order chi connectivity index (χ1) is 13.5. The Labute approximate surface area is 158 Å². The zero-order valence-electron chi connectivity index (χ0n) is 14.8. The normalized spacial score (nSPS) is 17.8. The van der Waals surface area contributed by atoms with Crippen LogP contribution in [0.5, 0.6) is 5.75 Å². The van der Waals surface area contributed by atoms with Crippen LogP contribution in [0.4, 0.5) is 24.8 Å². The molecule has 7 nitrogen and oxygen atoms in total. The lowest BCUT2D eigenvalue weighted by atomic mass is 10.0. The lowest BCUT2D eigenvalue weighted by Gasteiger charge is -2.19. The van der Waals surface area contributed by atoms with Gasteiger partial charge in [-0.05, 0) is 12.1 Å². The molecule has 0 atom stereocenters. The van der Waals surface area contributed by atoms with Crippen LogP contribution >= 0.6 is 0 Å². The molecular formula is C18H17F3N6O. The highest BCUT2D eigenvalue weighted by Crippen LogP contribution is 2.33. The maximum atomic E-state index is 14.3. The first kappa shape index (κ1) is 17.1. The standard InChI is InChI=1S/C18H17F3N6O/c19-13-1-2-15-11(3-6-28-15)12(13)7-22-17-23-8-14(16-25-24-10-27(16)17)26-5-4-18(20,21)9-26/h1-2,8,10H,3-7,9H2,(H,22,23). The summed E-state index contributed by atoms with van der Waals surface area (Å²) in [5.74, 6) is -1.93. The molecule has 2 aromatic heterocycles. The van der Waals surface area contributed by atoms with Crippen molar-refractivity contribution in [2.24, 2.45) is 0 Å². The Kier molecular flexibility index (Phi) is 3.81. The first-order valence-corrected chi connectivity index (χ1v) is 9.00. The van der Waals surface area contributed by atoms with Crippen LogP contribution in [0.3, 0.4) is 0 Å². The van der Waals surface area contributed by atoms with Crippen LogP contribution in [0.2, 0.25) is 0 Å². The summed E-state index contributed by atoms with van der Waals surface area (Å²) in [5.41, 5.74) is 2.31. The number of ether oxygens (including phenoxy) is 1.